The van der Waals surface area contributed by atoms with E-state index in [1.807, 2.05) is 35.9 Å². The Morgan fingerprint density at radius 2 is 1.94 bits per heavy atom. The molecule has 1 unspecified atom stereocenters. The number of aryl methyl sites for hydroxylation is 1. The normalized spacial score (nSPS) is 16.1. The first-order valence-electron chi connectivity index (χ1n) is 9.50. The molecule has 0 radical (unpaired) electrons. The first-order valence-corrected chi connectivity index (χ1v) is 10.3. The Balaban J connectivity index is 1.34. The third-order valence-electron chi connectivity index (χ3n) is 5.06. The lowest BCUT2D eigenvalue weighted by atomic mass is 10.1. The van der Waals surface area contributed by atoms with Crippen molar-refractivity contribution < 1.29 is 19.1 Å². The zero-order valence-electron chi connectivity index (χ0n) is 16.5. The van der Waals surface area contributed by atoms with Crippen LogP contribution in [0.25, 0.3) is 11.0 Å². The molecular weight excluding hydrogens is 443 g/mol. The van der Waals surface area contributed by atoms with Crippen LogP contribution in [0.5, 0.6) is 0 Å². The second kappa shape index (κ2) is 8.56. The van der Waals surface area contributed by atoms with E-state index in [9.17, 15) is 14.4 Å². The molecule has 31 heavy (non-hydrogen) atoms. The van der Waals surface area contributed by atoms with Crippen LogP contribution in [-0.2, 0) is 28.0 Å². The van der Waals surface area contributed by atoms with Gasteiger partial charge in [-0.25, -0.2) is 14.7 Å². The first kappa shape index (κ1) is 21.1. The van der Waals surface area contributed by atoms with Crippen molar-refractivity contribution in [3.8, 4) is 0 Å². The van der Waals surface area contributed by atoms with Crippen LogP contribution in [0.3, 0.4) is 0 Å². The molecule has 0 spiro atoms. The molecule has 2 heterocycles. The molecule has 4 rings (SSSR count). The number of halogens is 2. The van der Waals surface area contributed by atoms with E-state index in [1.165, 1.54) is 18.2 Å². The Morgan fingerprint density at radius 3 is 2.68 bits per heavy atom. The fourth-order valence-corrected chi connectivity index (χ4v) is 3.69. The summed E-state index contributed by atoms with van der Waals surface area (Å²) >= 11 is 11.9. The largest absolute Gasteiger partial charge is 0.458 e. The number of benzene rings is 2. The van der Waals surface area contributed by atoms with Gasteiger partial charge in [-0.3, -0.25) is 9.59 Å². The highest BCUT2D eigenvalue weighted by atomic mass is 35.5. The van der Waals surface area contributed by atoms with Crippen LogP contribution in [0.4, 0.5) is 10.5 Å². The number of nitrogens with zero attached hydrogens (tertiary/aromatic N) is 3. The summed E-state index contributed by atoms with van der Waals surface area (Å²) in [6, 6.07) is 10.7. The van der Waals surface area contributed by atoms with Gasteiger partial charge in [0.2, 0.25) is 0 Å². The Morgan fingerprint density at radius 1 is 1.16 bits per heavy atom. The van der Waals surface area contributed by atoms with Crippen LogP contribution >= 0.6 is 23.2 Å². The van der Waals surface area contributed by atoms with E-state index < -0.39 is 23.9 Å². The smallest absolute Gasteiger partial charge is 0.329 e. The lowest BCUT2D eigenvalue weighted by Crippen LogP contribution is -2.31. The van der Waals surface area contributed by atoms with Crippen LogP contribution in [0.15, 0.2) is 42.5 Å². The maximum Gasteiger partial charge on any atom is 0.329 e. The van der Waals surface area contributed by atoms with E-state index in [-0.39, 0.29) is 24.5 Å². The number of hydrogen-bond donors (Lipinski definition) is 1. The minimum atomic E-state index is -0.828. The van der Waals surface area contributed by atoms with E-state index in [0.29, 0.717) is 16.5 Å². The number of hydrogen-bond acceptors (Lipinski definition) is 5. The number of esters is 1. The molecule has 1 aliphatic heterocycles. The third kappa shape index (κ3) is 4.22. The van der Waals surface area contributed by atoms with Gasteiger partial charge in [-0.1, -0.05) is 35.3 Å². The van der Waals surface area contributed by atoms with Gasteiger partial charge in [0.05, 0.1) is 26.8 Å². The first-order chi connectivity index (χ1) is 14.8. The molecule has 2 aromatic carbocycles. The van der Waals surface area contributed by atoms with Crippen molar-refractivity contribution in [1.29, 1.82) is 0 Å². The van der Waals surface area contributed by atoms with Gasteiger partial charge in [-0.05, 0) is 36.8 Å². The maximum absolute atomic E-state index is 12.6. The summed E-state index contributed by atoms with van der Waals surface area (Å²) < 4.78 is 7.17. The molecule has 0 aliphatic carbocycles. The zero-order chi connectivity index (χ0) is 22.1. The Kier molecular flexibility index (Phi) is 5.84. The molecule has 1 saturated heterocycles. The molecule has 3 amide bonds. The molecular formula is C21H18Cl2N4O4. The highest BCUT2D eigenvalue weighted by Crippen LogP contribution is 2.29. The number of amides is 3. The molecule has 8 nitrogen and oxygen atoms in total. The van der Waals surface area contributed by atoms with Gasteiger partial charge >= 0.3 is 12.0 Å². The number of imide groups is 1. The van der Waals surface area contributed by atoms with Crippen LogP contribution < -0.4 is 10.2 Å². The fourth-order valence-electron chi connectivity index (χ4n) is 3.40. The Labute approximate surface area is 187 Å². The predicted molar refractivity (Wildman–Crippen MR) is 116 cm³/mol. The SMILES string of the molecule is Cn1c(COC(=O)CCC2NC(=O)N(c3ccc(Cl)c(Cl)c3)C2=O)nc2ccccc21. The van der Waals surface area contributed by atoms with Crippen LogP contribution in [-0.4, -0.2) is 33.5 Å². The molecule has 160 valence electrons. The number of carbonyl (C=O) groups excluding carboxylic acids is 3. The molecule has 1 N–H and O–H groups in total. The van der Waals surface area contributed by atoms with Crippen LogP contribution in [0, 0.1) is 0 Å². The number of ether oxygens (including phenoxy) is 1. The number of para-hydroxylation sites is 2. The minimum absolute atomic E-state index is 0.0182. The maximum atomic E-state index is 12.6. The minimum Gasteiger partial charge on any atom is -0.458 e. The van der Waals surface area contributed by atoms with E-state index in [2.05, 4.69) is 10.3 Å². The highest BCUT2D eigenvalue weighted by Gasteiger charge is 2.39. The summed E-state index contributed by atoms with van der Waals surface area (Å²) in [7, 11) is 1.85. The number of fused-ring (bicyclic) bond motifs is 1. The van der Waals surface area contributed by atoms with Gasteiger partial charge in [-0.15, -0.1) is 0 Å². The lowest BCUT2D eigenvalue weighted by Gasteiger charge is -2.13. The zero-order valence-corrected chi connectivity index (χ0v) is 18.0. The third-order valence-corrected chi connectivity index (χ3v) is 5.80. The number of nitrogens with one attached hydrogen (secondary N) is 1. The number of rotatable bonds is 6. The fraction of sp³-hybridized carbons (Fsp3) is 0.238. The number of anilines is 1. The van der Waals surface area contributed by atoms with Crippen LogP contribution in [0.1, 0.15) is 18.7 Å². The van der Waals surface area contributed by atoms with Gasteiger partial charge in [0.1, 0.15) is 18.5 Å². The number of aromatic nitrogens is 2. The van der Waals surface area contributed by atoms with E-state index in [0.717, 1.165) is 15.9 Å². The van der Waals surface area contributed by atoms with Gasteiger partial charge in [-0.2, -0.15) is 0 Å². The predicted octanol–water partition coefficient (Wildman–Crippen LogP) is 3.83. The summed E-state index contributed by atoms with van der Waals surface area (Å²) in [6.45, 7) is 0.0182. The molecule has 1 aliphatic rings. The topological polar surface area (TPSA) is 93.5 Å². The summed E-state index contributed by atoms with van der Waals surface area (Å²) in [4.78, 5) is 42.5. The van der Waals surface area contributed by atoms with E-state index in [1.54, 1.807) is 0 Å². The molecule has 1 fully saturated rings. The van der Waals surface area contributed by atoms with Gasteiger partial charge < -0.3 is 14.6 Å². The van der Waals surface area contributed by atoms with Crippen molar-refractivity contribution in [1.82, 2.24) is 14.9 Å². The molecule has 1 atom stereocenters. The second-order valence-electron chi connectivity index (χ2n) is 7.05. The lowest BCUT2D eigenvalue weighted by molar-refractivity contribution is -0.145. The molecule has 0 saturated carbocycles. The molecule has 0 bridgehead atoms. The van der Waals surface area contributed by atoms with Crippen molar-refractivity contribution >= 4 is 57.8 Å². The Bertz CT molecular complexity index is 1190. The van der Waals surface area contributed by atoms with Crippen molar-refractivity contribution in [3.63, 3.8) is 0 Å². The number of imidazole rings is 1. The molecule has 1 aromatic heterocycles. The van der Waals surface area contributed by atoms with Crippen molar-refractivity contribution in [2.45, 2.75) is 25.5 Å². The molecule has 3 aromatic rings. The van der Waals surface area contributed by atoms with Crippen molar-refractivity contribution in [2.24, 2.45) is 7.05 Å². The summed E-state index contributed by atoms with van der Waals surface area (Å²) in [5, 5.41) is 3.13. The van der Waals surface area contributed by atoms with Gasteiger partial charge in [0.25, 0.3) is 5.91 Å². The average molecular weight is 461 g/mol. The summed E-state index contributed by atoms with van der Waals surface area (Å²) in [5.74, 6) is -0.334. The van der Waals surface area contributed by atoms with Crippen molar-refractivity contribution in [2.75, 3.05) is 4.90 Å². The quantitative estimate of drug-likeness (QED) is 0.445. The number of urea groups is 1. The monoisotopic (exact) mass is 460 g/mol. The molecule has 10 heteroatoms. The van der Waals surface area contributed by atoms with E-state index in [4.69, 9.17) is 27.9 Å². The van der Waals surface area contributed by atoms with Gasteiger partial charge in [0, 0.05) is 13.5 Å². The average Bonchev–Trinajstić information content (AvgIpc) is 3.22. The summed E-state index contributed by atoms with van der Waals surface area (Å²) in [6.07, 6.45) is 0.0829. The van der Waals surface area contributed by atoms with Crippen molar-refractivity contribution in [3.05, 3.63) is 58.3 Å². The van der Waals surface area contributed by atoms with E-state index >= 15 is 0 Å². The number of carbonyl (C=O) groups is 3. The second-order valence-corrected chi connectivity index (χ2v) is 7.86. The summed E-state index contributed by atoms with van der Waals surface area (Å²) in [5.41, 5.74) is 2.07. The van der Waals surface area contributed by atoms with Crippen LogP contribution in [0.2, 0.25) is 10.0 Å². The van der Waals surface area contributed by atoms with Gasteiger partial charge in [0.15, 0.2) is 0 Å². The standard InChI is InChI=1S/C21H18Cl2N4O4/c1-26-17-5-3-2-4-15(17)24-18(26)11-31-19(28)9-8-16-20(29)27(21(30)25-16)12-6-7-13(22)14(23)10-12/h2-7,10,16H,8-9,11H2,1H3,(H,25,30). The highest BCUT2D eigenvalue weighted by molar-refractivity contribution is 6.42. The Hall–Kier alpha value is -3.10.